The van der Waals surface area contributed by atoms with Gasteiger partial charge < -0.3 is 11.5 Å². The Balaban J connectivity index is 2.14. The lowest BCUT2D eigenvalue weighted by molar-refractivity contribution is 0.568. The lowest BCUT2D eigenvalue weighted by atomic mass is 9.85. The van der Waals surface area contributed by atoms with Gasteiger partial charge in [0.2, 0.25) is 0 Å². The molecule has 1 atom stereocenters. The van der Waals surface area contributed by atoms with Gasteiger partial charge in [-0.25, -0.2) is 4.98 Å². The summed E-state index contributed by atoms with van der Waals surface area (Å²) in [5.41, 5.74) is 16.8. The van der Waals surface area contributed by atoms with E-state index in [4.69, 9.17) is 23.1 Å². The number of fused-ring (bicyclic) bond motifs is 2. The summed E-state index contributed by atoms with van der Waals surface area (Å²) in [7, 11) is 1.86. The maximum absolute atomic E-state index is 9.71. The van der Waals surface area contributed by atoms with Crippen molar-refractivity contribution >= 4 is 28.3 Å². The van der Waals surface area contributed by atoms with E-state index in [0.717, 1.165) is 40.6 Å². The van der Waals surface area contributed by atoms with E-state index < -0.39 is 0 Å². The molecule has 4 rings (SSSR count). The van der Waals surface area contributed by atoms with Crippen molar-refractivity contribution in [2.45, 2.75) is 25.3 Å². The molecular weight excluding hydrogens is 336 g/mol. The molecule has 0 fully saturated rings. The molecule has 0 unspecified atom stereocenters. The van der Waals surface area contributed by atoms with Crippen LogP contribution in [0.5, 0.6) is 0 Å². The molecule has 2 heterocycles. The molecule has 1 aliphatic carbocycles. The Morgan fingerprint density at radius 2 is 2.20 bits per heavy atom. The molecule has 0 amide bonds. The van der Waals surface area contributed by atoms with E-state index >= 15 is 0 Å². The van der Waals surface area contributed by atoms with E-state index in [1.54, 1.807) is 4.68 Å². The topological polar surface area (TPSA) is 107 Å². The molecule has 0 spiro atoms. The van der Waals surface area contributed by atoms with Gasteiger partial charge in [0.05, 0.1) is 10.5 Å². The maximum Gasteiger partial charge on any atom is 0.142 e. The van der Waals surface area contributed by atoms with E-state index in [9.17, 15) is 5.26 Å². The quantitative estimate of drug-likeness (QED) is 0.700. The fourth-order valence-electron chi connectivity index (χ4n) is 3.63. The molecule has 0 bridgehead atoms. The molecule has 25 heavy (non-hydrogen) atoms. The van der Waals surface area contributed by atoms with Crippen LogP contribution in [0.15, 0.2) is 18.2 Å². The van der Waals surface area contributed by atoms with Crippen molar-refractivity contribution in [3.8, 4) is 17.3 Å². The van der Waals surface area contributed by atoms with Gasteiger partial charge >= 0.3 is 0 Å². The summed E-state index contributed by atoms with van der Waals surface area (Å²) in [6.45, 7) is 0. The summed E-state index contributed by atoms with van der Waals surface area (Å²) in [6, 6.07) is 7.89. The number of nitrogens with zero attached hydrogens (tertiary/aromatic N) is 4. The van der Waals surface area contributed by atoms with E-state index in [-0.39, 0.29) is 11.9 Å². The molecular formula is C18H17ClN6. The fourth-order valence-corrected chi connectivity index (χ4v) is 3.88. The number of aryl methyl sites for hydroxylation is 2. The Hall–Kier alpha value is -2.62. The second-order valence-corrected chi connectivity index (χ2v) is 6.80. The molecule has 0 saturated heterocycles. The van der Waals surface area contributed by atoms with E-state index in [2.05, 4.69) is 16.2 Å². The van der Waals surface area contributed by atoms with Crippen molar-refractivity contribution in [3.63, 3.8) is 0 Å². The van der Waals surface area contributed by atoms with Crippen molar-refractivity contribution in [3.05, 3.63) is 40.0 Å². The normalized spacial score (nSPS) is 16.6. The minimum Gasteiger partial charge on any atom is -0.383 e. The number of nitrogen functional groups attached to an aromatic ring is 1. The van der Waals surface area contributed by atoms with Crippen LogP contribution in [0.3, 0.4) is 0 Å². The first-order valence-corrected chi connectivity index (χ1v) is 8.47. The average Bonchev–Trinajstić information content (AvgIpc) is 2.92. The standard InChI is InChI=1S/C18H17ClN6/c1-25-14-4-2-3-12(19)16(14)17(24-25)15-10-7-9(21)5-6-13(10)23-18(22)11(15)8-20/h2-4,9H,5-7,21H2,1H3,(H2,22,23)/t9-/m0/s1. The van der Waals surface area contributed by atoms with Gasteiger partial charge in [-0.15, -0.1) is 0 Å². The number of hydrogen-bond acceptors (Lipinski definition) is 5. The zero-order valence-corrected chi connectivity index (χ0v) is 14.5. The molecule has 0 aliphatic heterocycles. The van der Waals surface area contributed by atoms with Crippen molar-refractivity contribution in [2.75, 3.05) is 5.73 Å². The van der Waals surface area contributed by atoms with Crippen LogP contribution in [0, 0.1) is 11.3 Å². The number of pyridine rings is 1. The molecule has 1 aromatic carbocycles. The molecule has 0 radical (unpaired) electrons. The largest absolute Gasteiger partial charge is 0.383 e. The van der Waals surface area contributed by atoms with Crippen LogP contribution in [0.25, 0.3) is 22.2 Å². The first-order chi connectivity index (χ1) is 12.0. The molecule has 7 heteroatoms. The maximum atomic E-state index is 9.71. The second kappa shape index (κ2) is 5.73. The summed E-state index contributed by atoms with van der Waals surface area (Å²) in [5, 5.41) is 15.8. The van der Waals surface area contributed by atoms with E-state index in [0.29, 0.717) is 22.7 Å². The number of halogens is 1. The van der Waals surface area contributed by atoms with Crippen molar-refractivity contribution in [2.24, 2.45) is 12.8 Å². The van der Waals surface area contributed by atoms with Crippen molar-refractivity contribution in [1.82, 2.24) is 14.8 Å². The molecule has 4 N–H and O–H groups in total. The number of nitrogens with two attached hydrogens (primary N) is 2. The van der Waals surface area contributed by atoms with Gasteiger partial charge in [0.1, 0.15) is 23.1 Å². The van der Waals surface area contributed by atoms with Crippen LogP contribution in [0.1, 0.15) is 23.2 Å². The van der Waals surface area contributed by atoms with Gasteiger partial charge in [0.15, 0.2) is 0 Å². The predicted molar refractivity (Wildman–Crippen MR) is 98.1 cm³/mol. The Kier molecular flexibility index (Phi) is 3.64. The Labute approximate surface area is 150 Å². The summed E-state index contributed by atoms with van der Waals surface area (Å²) in [5.74, 6) is 0.234. The first kappa shape index (κ1) is 15.9. The minimum atomic E-state index is 0.0358. The lowest BCUT2D eigenvalue weighted by Crippen LogP contribution is -2.29. The Morgan fingerprint density at radius 1 is 1.40 bits per heavy atom. The smallest absolute Gasteiger partial charge is 0.142 e. The van der Waals surface area contributed by atoms with E-state index in [1.165, 1.54) is 0 Å². The molecule has 3 aromatic rings. The minimum absolute atomic E-state index is 0.0358. The summed E-state index contributed by atoms with van der Waals surface area (Å²) in [6.07, 6.45) is 2.25. The highest BCUT2D eigenvalue weighted by molar-refractivity contribution is 6.36. The third-order valence-corrected chi connectivity index (χ3v) is 5.12. The number of aromatic nitrogens is 3. The number of rotatable bonds is 1. The monoisotopic (exact) mass is 352 g/mol. The number of anilines is 1. The number of nitriles is 1. The van der Waals surface area contributed by atoms with Crippen LogP contribution >= 0.6 is 11.6 Å². The second-order valence-electron chi connectivity index (χ2n) is 6.39. The summed E-state index contributed by atoms with van der Waals surface area (Å²) in [4.78, 5) is 4.45. The molecule has 126 valence electrons. The average molecular weight is 353 g/mol. The lowest BCUT2D eigenvalue weighted by Gasteiger charge is -2.24. The van der Waals surface area contributed by atoms with Crippen LogP contribution in [-0.4, -0.2) is 20.8 Å². The highest BCUT2D eigenvalue weighted by atomic mass is 35.5. The molecule has 6 nitrogen and oxygen atoms in total. The zero-order chi connectivity index (χ0) is 17.7. The van der Waals surface area contributed by atoms with Gasteiger partial charge in [0, 0.05) is 29.7 Å². The fraction of sp³-hybridized carbons (Fsp3) is 0.278. The van der Waals surface area contributed by atoms with Crippen LogP contribution < -0.4 is 11.5 Å². The van der Waals surface area contributed by atoms with Gasteiger partial charge in [-0.05, 0) is 37.0 Å². The molecule has 0 saturated carbocycles. The van der Waals surface area contributed by atoms with E-state index in [1.807, 2.05) is 25.2 Å². The third-order valence-electron chi connectivity index (χ3n) is 4.81. The Bertz CT molecular complexity index is 1050. The van der Waals surface area contributed by atoms with Gasteiger partial charge in [-0.3, -0.25) is 4.68 Å². The first-order valence-electron chi connectivity index (χ1n) is 8.09. The van der Waals surface area contributed by atoms with Crippen molar-refractivity contribution < 1.29 is 0 Å². The predicted octanol–water partition coefficient (Wildman–Crippen LogP) is 2.56. The summed E-state index contributed by atoms with van der Waals surface area (Å²) < 4.78 is 1.77. The highest BCUT2D eigenvalue weighted by Crippen LogP contribution is 2.40. The van der Waals surface area contributed by atoms with Gasteiger partial charge in [-0.1, -0.05) is 17.7 Å². The molecule has 2 aromatic heterocycles. The van der Waals surface area contributed by atoms with Crippen LogP contribution in [0.2, 0.25) is 5.02 Å². The van der Waals surface area contributed by atoms with Crippen LogP contribution in [-0.2, 0) is 19.9 Å². The highest BCUT2D eigenvalue weighted by Gasteiger charge is 2.28. The Morgan fingerprint density at radius 3 is 2.96 bits per heavy atom. The van der Waals surface area contributed by atoms with Gasteiger partial charge in [-0.2, -0.15) is 10.4 Å². The molecule has 1 aliphatic rings. The number of benzene rings is 1. The third kappa shape index (κ3) is 2.36. The van der Waals surface area contributed by atoms with Gasteiger partial charge in [0.25, 0.3) is 0 Å². The number of hydrogen-bond donors (Lipinski definition) is 2. The zero-order valence-electron chi connectivity index (χ0n) is 13.8. The van der Waals surface area contributed by atoms with Crippen molar-refractivity contribution in [1.29, 1.82) is 5.26 Å². The SMILES string of the molecule is Cn1nc(-c2c(C#N)c(N)nc3c2C[C@@H](N)CC3)c2c(Cl)cccc21. The van der Waals surface area contributed by atoms with Crippen LogP contribution in [0.4, 0.5) is 5.82 Å². The summed E-state index contributed by atoms with van der Waals surface area (Å²) >= 11 is 6.46.